The van der Waals surface area contributed by atoms with Gasteiger partial charge in [0.05, 0.1) is 6.10 Å². The molecule has 1 aromatic heterocycles. The Balaban J connectivity index is 2.49. The highest BCUT2D eigenvalue weighted by Gasteiger charge is 2.08. The van der Waals surface area contributed by atoms with Crippen LogP contribution in [0.3, 0.4) is 0 Å². The third kappa shape index (κ3) is 3.28. The summed E-state index contributed by atoms with van der Waals surface area (Å²) in [6.45, 7) is 6.02. The van der Waals surface area contributed by atoms with E-state index in [1.165, 1.54) is 0 Å². The molecule has 0 aliphatic carbocycles. The van der Waals surface area contributed by atoms with Crippen molar-refractivity contribution in [1.82, 2.24) is 0 Å². The van der Waals surface area contributed by atoms with Crippen LogP contribution in [0, 0.1) is 6.92 Å². The molecule has 72 valence electrons. The maximum atomic E-state index is 11.4. The molecule has 2 nitrogen and oxygen atoms in total. The van der Waals surface area contributed by atoms with Crippen molar-refractivity contribution in [2.75, 3.05) is 6.61 Å². The van der Waals surface area contributed by atoms with Gasteiger partial charge in [-0.1, -0.05) is 0 Å². The number of rotatable bonds is 4. The van der Waals surface area contributed by atoms with Gasteiger partial charge in [-0.3, -0.25) is 4.79 Å². The van der Waals surface area contributed by atoms with Crippen LogP contribution in [-0.4, -0.2) is 18.5 Å². The Labute approximate surface area is 82.5 Å². The van der Waals surface area contributed by atoms with Crippen LogP contribution in [0.4, 0.5) is 0 Å². The Morgan fingerprint density at radius 3 is 2.77 bits per heavy atom. The van der Waals surface area contributed by atoms with E-state index in [1.54, 1.807) is 11.3 Å². The molecule has 0 atom stereocenters. The molecule has 0 bridgehead atoms. The lowest BCUT2D eigenvalue weighted by Crippen LogP contribution is -2.12. The van der Waals surface area contributed by atoms with Gasteiger partial charge >= 0.3 is 0 Å². The van der Waals surface area contributed by atoms with E-state index in [-0.39, 0.29) is 18.5 Å². The van der Waals surface area contributed by atoms with Crippen molar-refractivity contribution in [3.8, 4) is 0 Å². The first-order valence-electron chi connectivity index (χ1n) is 4.29. The van der Waals surface area contributed by atoms with Crippen LogP contribution < -0.4 is 0 Å². The predicted molar refractivity (Wildman–Crippen MR) is 54.5 cm³/mol. The summed E-state index contributed by atoms with van der Waals surface area (Å²) in [5.41, 5.74) is 0.767. The van der Waals surface area contributed by atoms with E-state index in [9.17, 15) is 4.79 Å². The number of hydrogen-bond donors (Lipinski definition) is 0. The minimum absolute atomic E-state index is 0.0676. The zero-order valence-corrected chi connectivity index (χ0v) is 8.98. The van der Waals surface area contributed by atoms with E-state index in [2.05, 4.69) is 0 Å². The average molecular weight is 198 g/mol. The predicted octanol–water partition coefficient (Wildman–Crippen LogP) is 2.66. The maximum Gasteiger partial charge on any atom is 0.189 e. The van der Waals surface area contributed by atoms with Crippen molar-refractivity contribution in [2.24, 2.45) is 0 Å². The summed E-state index contributed by atoms with van der Waals surface area (Å²) in [7, 11) is 0. The van der Waals surface area contributed by atoms with Crippen LogP contribution in [0.2, 0.25) is 0 Å². The van der Waals surface area contributed by atoms with Crippen molar-refractivity contribution in [1.29, 1.82) is 0 Å². The number of ketones is 1. The fraction of sp³-hybridized carbons (Fsp3) is 0.500. The number of Topliss-reactive ketones (excluding diaryl/α,β-unsaturated/α-hetero) is 1. The minimum Gasteiger partial charge on any atom is -0.371 e. The zero-order valence-electron chi connectivity index (χ0n) is 8.16. The Hall–Kier alpha value is -0.670. The molecule has 13 heavy (non-hydrogen) atoms. The van der Waals surface area contributed by atoms with Gasteiger partial charge in [0.25, 0.3) is 0 Å². The first-order chi connectivity index (χ1) is 6.09. The second-order valence-electron chi connectivity index (χ2n) is 3.23. The summed E-state index contributed by atoms with van der Waals surface area (Å²) in [5.74, 6) is 0.0676. The molecular formula is C10H14O2S. The Morgan fingerprint density at radius 2 is 2.31 bits per heavy atom. The SMILES string of the molecule is Cc1cc(C(=O)COC(C)C)cs1. The molecular weight excluding hydrogens is 184 g/mol. The molecule has 0 unspecified atom stereocenters. The second kappa shape index (κ2) is 4.53. The average Bonchev–Trinajstić information content (AvgIpc) is 2.47. The molecule has 0 aliphatic heterocycles. The van der Waals surface area contributed by atoms with Gasteiger partial charge in [-0.05, 0) is 26.8 Å². The van der Waals surface area contributed by atoms with Crippen LogP contribution in [0.15, 0.2) is 11.4 Å². The molecule has 0 radical (unpaired) electrons. The summed E-state index contributed by atoms with van der Waals surface area (Å²) in [6, 6.07) is 1.90. The Bertz CT molecular complexity index is 289. The molecule has 0 fully saturated rings. The van der Waals surface area contributed by atoms with Crippen molar-refractivity contribution < 1.29 is 9.53 Å². The molecule has 0 saturated heterocycles. The molecule has 1 aromatic rings. The van der Waals surface area contributed by atoms with Crippen LogP contribution in [0.1, 0.15) is 29.1 Å². The van der Waals surface area contributed by atoms with Gasteiger partial charge < -0.3 is 4.74 Å². The van der Waals surface area contributed by atoms with Crippen LogP contribution in [0.5, 0.6) is 0 Å². The summed E-state index contributed by atoms with van der Waals surface area (Å²) in [5, 5.41) is 1.88. The van der Waals surface area contributed by atoms with Gasteiger partial charge in [-0.2, -0.15) is 0 Å². The summed E-state index contributed by atoms with van der Waals surface area (Å²) >= 11 is 1.59. The summed E-state index contributed by atoms with van der Waals surface area (Å²) < 4.78 is 5.22. The quantitative estimate of drug-likeness (QED) is 0.695. The lowest BCUT2D eigenvalue weighted by molar-refractivity contribution is 0.0585. The van der Waals surface area contributed by atoms with Crippen molar-refractivity contribution in [3.05, 3.63) is 21.9 Å². The second-order valence-corrected chi connectivity index (χ2v) is 4.34. The first kappa shape index (κ1) is 10.4. The molecule has 0 amide bonds. The number of aryl methyl sites for hydroxylation is 1. The Kier molecular flexibility index (Phi) is 3.63. The third-order valence-corrected chi connectivity index (χ3v) is 2.46. The normalized spacial score (nSPS) is 10.8. The standard InChI is InChI=1S/C10H14O2S/c1-7(2)12-5-10(11)9-4-8(3)13-6-9/h4,6-7H,5H2,1-3H3. The molecule has 0 spiro atoms. The van der Waals surface area contributed by atoms with Gasteiger partial charge in [-0.15, -0.1) is 11.3 Å². The van der Waals surface area contributed by atoms with Crippen molar-refractivity contribution >= 4 is 17.1 Å². The van der Waals surface area contributed by atoms with E-state index in [4.69, 9.17) is 4.74 Å². The number of carbonyl (C=O) groups is 1. The summed E-state index contributed by atoms with van der Waals surface area (Å²) in [6.07, 6.45) is 0.115. The molecule has 0 saturated carbocycles. The smallest absolute Gasteiger partial charge is 0.189 e. The van der Waals surface area contributed by atoms with E-state index in [0.29, 0.717) is 0 Å². The van der Waals surface area contributed by atoms with Crippen molar-refractivity contribution in [3.63, 3.8) is 0 Å². The first-order valence-corrected chi connectivity index (χ1v) is 5.17. The van der Waals surface area contributed by atoms with E-state index < -0.39 is 0 Å². The lowest BCUT2D eigenvalue weighted by Gasteiger charge is -2.04. The van der Waals surface area contributed by atoms with E-state index >= 15 is 0 Å². The highest BCUT2D eigenvalue weighted by molar-refractivity contribution is 7.10. The van der Waals surface area contributed by atoms with E-state index in [0.717, 1.165) is 10.4 Å². The van der Waals surface area contributed by atoms with Crippen LogP contribution in [0.25, 0.3) is 0 Å². The zero-order chi connectivity index (χ0) is 9.84. The highest BCUT2D eigenvalue weighted by Crippen LogP contribution is 2.13. The monoisotopic (exact) mass is 198 g/mol. The minimum atomic E-state index is 0.0676. The van der Waals surface area contributed by atoms with E-state index in [1.807, 2.05) is 32.2 Å². The number of hydrogen-bond acceptors (Lipinski definition) is 3. The molecule has 0 aromatic carbocycles. The molecule has 0 aliphatic rings. The van der Waals surface area contributed by atoms with Crippen LogP contribution >= 0.6 is 11.3 Å². The third-order valence-electron chi connectivity index (χ3n) is 1.60. The molecule has 0 N–H and O–H groups in total. The fourth-order valence-electron chi connectivity index (χ4n) is 0.915. The highest BCUT2D eigenvalue weighted by atomic mass is 32.1. The van der Waals surface area contributed by atoms with Gasteiger partial charge in [-0.25, -0.2) is 0 Å². The lowest BCUT2D eigenvalue weighted by atomic mass is 10.2. The van der Waals surface area contributed by atoms with Gasteiger partial charge in [0.2, 0.25) is 0 Å². The van der Waals surface area contributed by atoms with Gasteiger partial charge in [0.1, 0.15) is 6.61 Å². The number of ether oxygens (including phenoxy) is 1. The number of thiophene rings is 1. The summed E-state index contributed by atoms with van der Waals surface area (Å²) in [4.78, 5) is 12.6. The largest absolute Gasteiger partial charge is 0.371 e. The van der Waals surface area contributed by atoms with Crippen molar-refractivity contribution in [2.45, 2.75) is 26.9 Å². The van der Waals surface area contributed by atoms with Gasteiger partial charge in [0, 0.05) is 15.8 Å². The molecule has 1 heterocycles. The van der Waals surface area contributed by atoms with Crippen LogP contribution in [-0.2, 0) is 4.74 Å². The van der Waals surface area contributed by atoms with Gasteiger partial charge in [0.15, 0.2) is 5.78 Å². The molecule has 3 heteroatoms. The Morgan fingerprint density at radius 1 is 1.62 bits per heavy atom. The molecule has 1 rings (SSSR count). The number of carbonyl (C=O) groups excluding carboxylic acids is 1. The maximum absolute atomic E-state index is 11.4. The fourth-order valence-corrected chi connectivity index (χ4v) is 1.62. The topological polar surface area (TPSA) is 26.3 Å².